The van der Waals surface area contributed by atoms with E-state index in [0.717, 1.165) is 0 Å². The molecule has 0 atom stereocenters. The number of H-pyrrole nitrogens is 3. The number of benzene rings is 3. The molecule has 0 amide bonds. The lowest BCUT2D eigenvalue weighted by atomic mass is 10.0. The molecule has 3 N–H and O–H groups in total. The molecule has 0 saturated heterocycles. The average molecular weight is 754 g/mol. The quantitative estimate of drug-likeness (QED) is 0.0939. The van der Waals surface area contributed by atoms with Crippen molar-refractivity contribution in [1.82, 2.24) is 19.9 Å². The van der Waals surface area contributed by atoms with Crippen molar-refractivity contribution in [2.45, 2.75) is 0 Å². The third-order valence-corrected chi connectivity index (χ3v) is 9.72. The monoisotopic (exact) mass is 752 g/mol. The van der Waals surface area contributed by atoms with Crippen LogP contribution in [0.3, 0.4) is 0 Å². The minimum absolute atomic E-state index is 0.00201. The number of halogens is 9. The molecule has 13 heteroatoms. The van der Waals surface area contributed by atoms with Crippen LogP contribution in [0.5, 0.6) is 0 Å². The Morgan fingerprint density at radius 1 is 0.360 bits per heavy atom. The summed E-state index contributed by atoms with van der Waals surface area (Å²) in [5.74, 6) is -10.5. The maximum absolute atomic E-state index is 15.7. The van der Waals surface area contributed by atoms with Crippen molar-refractivity contribution in [3.05, 3.63) is 133 Å². The van der Waals surface area contributed by atoms with Gasteiger partial charge >= 0.3 is 0 Å². The van der Waals surface area contributed by atoms with Crippen molar-refractivity contribution in [3.63, 3.8) is 0 Å². The molecule has 7 aromatic rings. The fourth-order valence-corrected chi connectivity index (χ4v) is 7.42. The molecule has 4 nitrogen and oxygen atoms in total. The minimum atomic E-state index is -2.28. The summed E-state index contributed by atoms with van der Waals surface area (Å²) in [7, 11) is 0. The Balaban J connectivity index is 1.63. The molecule has 50 heavy (non-hydrogen) atoms. The summed E-state index contributed by atoms with van der Waals surface area (Å²) in [6.45, 7) is 0. The largest absolute Gasteiger partial charge is 0.354 e. The van der Waals surface area contributed by atoms with Crippen molar-refractivity contribution in [3.8, 4) is 33.4 Å². The number of aromatic amines is 3. The Morgan fingerprint density at radius 3 is 1.18 bits per heavy atom. The molecule has 0 radical (unpaired) electrons. The average Bonchev–Trinajstić information content (AvgIpc) is 3.92. The van der Waals surface area contributed by atoms with Gasteiger partial charge in [-0.05, 0) is 72.8 Å². The Hall–Kier alpha value is -4.80. The second kappa shape index (κ2) is 12.2. The summed E-state index contributed by atoms with van der Waals surface area (Å²) < 4.78 is 75.2. The van der Waals surface area contributed by atoms with Crippen LogP contribution in [0.1, 0.15) is 11.4 Å². The van der Waals surface area contributed by atoms with Gasteiger partial charge in [0.05, 0.1) is 42.6 Å². The second-order valence-electron chi connectivity index (χ2n) is 11.3. The SMILES string of the molecule is Fc1c(F)c(F)c(-c2c3ccc([nH]3)c(-c3c(Cl)cccc3Cl)c3nc(c4ccc([nH]4)c(-c4c(Cl)cccc4Cl)c4ccc2[nH]4)C=C3)c(F)c1F. The van der Waals surface area contributed by atoms with Crippen molar-refractivity contribution < 1.29 is 22.0 Å². The smallest absolute Gasteiger partial charge is 0.200 e. The van der Waals surface area contributed by atoms with Crippen molar-refractivity contribution >= 4 is 91.7 Å². The zero-order chi connectivity index (χ0) is 35.0. The fraction of sp³-hybridized carbons (Fsp3) is 0. The topological polar surface area (TPSA) is 60.3 Å². The van der Waals surface area contributed by atoms with Gasteiger partial charge in [-0.15, -0.1) is 0 Å². The molecule has 5 heterocycles. The van der Waals surface area contributed by atoms with Gasteiger partial charge < -0.3 is 15.0 Å². The molecular formula is C37H17Cl4F5N4. The molecule has 0 fully saturated rings. The van der Waals surface area contributed by atoms with Crippen molar-refractivity contribution in [2.24, 2.45) is 0 Å². The van der Waals surface area contributed by atoms with E-state index >= 15 is 8.78 Å². The zero-order valence-electron chi connectivity index (χ0n) is 24.9. The zero-order valence-corrected chi connectivity index (χ0v) is 28.0. The second-order valence-corrected chi connectivity index (χ2v) is 13.0. The molecule has 248 valence electrons. The van der Waals surface area contributed by atoms with Gasteiger partial charge in [-0.1, -0.05) is 58.5 Å². The number of aromatic nitrogens is 4. The highest BCUT2D eigenvalue weighted by Gasteiger charge is 2.29. The molecule has 8 bridgehead atoms. The predicted molar refractivity (Wildman–Crippen MR) is 191 cm³/mol. The van der Waals surface area contributed by atoms with E-state index in [2.05, 4.69) is 15.0 Å². The van der Waals surface area contributed by atoms with Gasteiger partial charge in [0.1, 0.15) is 0 Å². The van der Waals surface area contributed by atoms with Gasteiger partial charge in [0, 0.05) is 55.4 Å². The Bertz CT molecular complexity index is 2660. The van der Waals surface area contributed by atoms with Gasteiger partial charge in [0.25, 0.3) is 0 Å². The van der Waals surface area contributed by atoms with Crippen molar-refractivity contribution in [1.29, 1.82) is 0 Å². The van der Waals surface area contributed by atoms with Crippen LogP contribution in [0.4, 0.5) is 22.0 Å². The van der Waals surface area contributed by atoms with Crippen LogP contribution in [0, 0.1) is 29.1 Å². The van der Waals surface area contributed by atoms with Gasteiger partial charge in [-0.2, -0.15) is 0 Å². The van der Waals surface area contributed by atoms with Crippen LogP contribution >= 0.6 is 46.4 Å². The first-order valence-corrected chi connectivity index (χ1v) is 16.3. The van der Waals surface area contributed by atoms with Gasteiger partial charge in [0.2, 0.25) is 5.82 Å². The molecule has 0 saturated carbocycles. The fourth-order valence-electron chi connectivity index (χ4n) is 6.24. The van der Waals surface area contributed by atoms with Crippen LogP contribution in [0.15, 0.2) is 72.8 Å². The number of rotatable bonds is 3. The molecule has 0 aliphatic carbocycles. The summed E-state index contributed by atoms with van der Waals surface area (Å²) in [4.78, 5) is 14.5. The highest BCUT2D eigenvalue weighted by atomic mass is 35.5. The lowest BCUT2D eigenvalue weighted by molar-refractivity contribution is 0.381. The van der Waals surface area contributed by atoms with Crippen LogP contribution in [-0.2, 0) is 0 Å². The molecule has 4 aromatic heterocycles. The number of hydrogen-bond acceptors (Lipinski definition) is 1. The minimum Gasteiger partial charge on any atom is -0.354 e. The van der Waals surface area contributed by atoms with E-state index in [-0.39, 0.29) is 26.6 Å². The normalized spacial score (nSPS) is 12.0. The Labute approximate surface area is 299 Å². The molecule has 1 aliphatic rings. The summed E-state index contributed by atoms with van der Waals surface area (Å²) in [5.41, 5.74) is 3.00. The van der Waals surface area contributed by atoms with E-state index in [9.17, 15) is 13.2 Å². The predicted octanol–water partition coefficient (Wildman–Crippen LogP) is 13.0. The first kappa shape index (κ1) is 32.4. The lowest BCUT2D eigenvalue weighted by Crippen LogP contribution is -2.04. The first-order chi connectivity index (χ1) is 24.0. The van der Waals surface area contributed by atoms with Crippen LogP contribution in [0.25, 0.3) is 78.6 Å². The van der Waals surface area contributed by atoms with E-state index in [1.807, 2.05) is 6.07 Å². The third kappa shape index (κ3) is 5.07. The van der Waals surface area contributed by atoms with E-state index in [0.29, 0.717) is 65.8 Å². The highest BCUT2D eigenvalue weighted by molar-refractivity contribution is 6.40. The Kier molecular flexibility index (Phi) is 7.91. The third-order valence-electron chi connectivity index (χ3n) is 8.46. The van der Waals surface area contributed by atoms with E-state index < -0.39 is 34.6 Å². The van der Waals surface area contributed by atoms with Crippen molar-refractivity contribution in [2.75, 3.05) is 0 Å². The number of fused-ring (bicyclic) bond motifs is 9. The Morgan fingerprint density at radius 2 is 0.700 bits per heavy atom. The van der Waals surface area contributed by atoms with E-state index in [4.69, 9.17) is 51.4 Å². The summed E-state index contributed by atoms with van der Waals surface area (Å²) >= 11 is 26.8. The molecule has 0 unspecified atom stereocenters. The number of nitrogens with one attached hydrogen (secondary N) is 3. The lowest BCUT2D eigenvalue weighted by Gasteiger charge is -2.10. The first-order valence-electron chi connectivity index (χ1n) is 14.8. The van der Waals surface area contributed by atoms with Crippen LogP contribution in [0.2, 0.25) is 20.1 Å². The molecule has 8 rings (SSSR count). The number of hydrogen-bond donors (Lipinski definition) is 3. The summed E-state index contributed by atoms with van der Waals surface area (Å²) in [5, 5.41) is 1.14. The highest BCUT2D eigenvalue weighted by Crippen LogP contribution is 2.43. The molecular weight excluding hydrogens is 737 g/mol. The standard InChI is InChI=1S/C37H17Cl4F5N4/c38-15-3-1-4-16(39)27(15)29-21-9-7-19(47-21)20-8-10-22(48-20)30(28-17(40)5-2-6-18(28)41)24-12-14-26(50-24)31(25-13-11-23(29)49-25)32-33(42)35(44)37(46)36(45)34(32)43/h1-14,47,49-50H. The molecule has 1 aliphatic heterocycles. The van der Waals surface area contributed by atoms with Crippen LogP contribution < -0.4 is 0 Å². The van der Waals surface area contributed by atoms with E-state index in [1.54, 1.807) is 66.7 Å². The summed E-state index contributed by atoms with van der Waals surface area (Å²) in [6.07, 6.45) is 3.53. The van der Waals surface area contributed by atoms with Gasteiger partial charge in [0.15, 0.2) is 23.3 Å². The van der Waals surface area contributed by atoms with Crippen LogP contribution in [-0.4, -0.2) is 19.9 Å². The summed E-state index contributed by atoms with van der Waals surface area (Å²) in [6, 6.07) is 19.6. The van der Waals surface area contributed by atoms with E-state index in [1.165, 1.54) is 12.1 Å². The van der Waals surface area contributed by atoms with Gasteiger partial charge in [-0.3, -0.25) is 0 Å². The molecule has 0 spiro atoms. The maximum atomic E-state index is 15.7. The van der Waals surface area contributed by atoms with Gasteiger partial charge in [-0.25, -0.2) is 26.9 Å². The molecule has 3 aromatic carbocycles. The maximum Gasteiger partial charge on any atom is 0.200 e. The number of nitrogens with zero attached hydrogens (tertiary/aromatic N) is 1.